The van der Waals surface area contributed by atoms with Gasteiger partial charge in [0.25, 0.3) is 0 Å². The molecule has 0 aliphatic carbocycles. The molecule has 0 fully saturated rings. The van der Waals surface area contributed by atoms with E-state index >= 15 is 0 Å². The van der Waals surface area contributed by atoms with Crippen LogP contribution in [0.1, 0.15) is 18.6 Å². The van der Waals surface area contributed by atoms with Gasteiger partial charge in [-0.15, -0.1) is 0 Å². The molecule has 0 saturated heterocycles. The number of hydrogen-bond donors (Lipinski definition) is 1. The first-order chi connectivity index (χ1) is 6.33. The lowest BCUT2D eigenvalue weighted by molar-refractivity contribution is 0.116. The van der Waals surface area contributed by atoms with Crippen LogP contribution >= 0.6 is 0 Å². The highest BCUT2D eigenvalue weighted by Crippen LogP contribution is 1.95. The Hall–Kier alpha value is -0.940. The van der Waals surface area contributed by atoms with Gasteiger partial charge in [0.1, 0.15) is 6.61 Å². The SMILES string of the molecule is CCNCCOCc1noc(C)n1. The van der Waals surface area contributed by atoms with Crippen LogP contribution in [0.15, 0.2) is 4.52 Å². The molecule has 0 amide bonds. The minimum Gasteiger partial charge on any atom is -0.372 e. The molecule has 0 atom stereocenters. The highest BCUT2D eigenvalue weighted by molar-refractivity contribution is 4.80. The standard InChI is InChI=1S/C8H15N3O2/c1-3-9-4-5-12-6-8-10-7(2)13-11-8/h9H,3-6H2,1-2H3. The van der Waals surface area contributed by atoms with Gasteiger partial charge >= 0.3 is 0 Å². The van der Waals surface area contributed by atoms with Crippen LogP contribution in [0.2, 0.25) is 0 Å². The number of aryl methyl sites for hydroxylation is 1. The largest absolute Gasteiger partial charge is 0.372 e. The van der Waals surface area contributed by atoms with Gasteiger partial charge in [0, 0.05) is 13.5 Å². The third-order valence-electron chi connectivity index (χ3n) is 1.47. The molecule has 0 aliphatic rings. The minimum atomic E-state index is 0.419. The normalized spacial score (nSPS) is 10.6. The molecule has 5 heteroatoms. The maximum Gasteiger partial charge on any atom is 0.223 e. The summed E-state index contributed by atoms with van der Waals surface area (Å²) in [5.74, 6) is 1.18. The predicted octanol–water partition coefficient (Wildman–Crippen LogP) is 0.504. The van der Waals surface area contributed by atoms with Crippen LogP contribution in [-0.4, -0.2) is 29.8 Å². The van der Waals surface area contributed by atoms with Crippen LogP contribution in [0.4, 0.5) is 0 Å². The molecule has 0 aliphatic heterocycles. The summed E-state index contributed by atoms with van der Waals surface area (Å²) in [6, 6.07) is 0. The van der Waals surface area contributed by atoms with Crippen molar-refractivity contribution >= 4 is 0 Å². The minimum absolute atomic E-state index is 0.419. The summed E-state index contributed by atoms with van der Waals surface area (Å²) in [6.45, 7) is 6.72. The summed E-state index contributed by atoms with van der Waals surface area (Å²) >= 11 is 0. The van der Waals surface area contributed by atoms with Crippen LogP contribution in [0.25, 0.3) is 0 Å². The second kappa shape index (κ2) is 5.66. The molecule has 1 rings (SSSR count). The number of likely N-dealkylation sites (N-methyl/N-ethyl adjacent to an activating group) is 1. The lowest BCUT2D eigenvalue weighted by atomic mass is 10.6. The van der Waals surface area contributed by atoms with Gasteiger partial charge in [0.2, 0.25) is 5.89 Å². The molecular weight excluding hydrogens is 170 g/mol. The Morgan fingerprint density at radius 1 is 1.54 bits per heavy atom. The molecule has 0 radical (unpaired) electrons. The van der Waals surface area contributed by atoms with E-state index in [1.54, 1.807) is 6.92 Å². The Morgan fingerprint density at radius 2 is 2.38 bits per heavy atom. The average molecular weight is 185 g/mol. The molecule has 1 N–H and O–H groups in total. The van der Waals surface area contributed by atoms with Crippen molar-refractivity contribution in [2.45, 2.75) is 20.5 Å². The zero-order valence-electron chi connectivity index (χ0n) is 8.04. The van der Waals surface area contributed by atoms with E-state index in [9.17, 15) is 0 Å². The quantitative estimate of drug-likeness (QED) is 0.654. The number of nitrogens with one attached hydrogen (secondary N) is 1. The molecule has 0 spiro atoms. The maximum atomic E-state index is 5.29. The molecule has 0 bridgehead atoms. The van der Waals surface area contributed by atoms with Gasteiger partial charge < -0.3 is 14.6 Å². The van der Waals surface area contributed by atoms with Gasteiger partial charge in [-0.2, -0.15) is 4.98 Å². The Balaban J connectivity index is 2.06. The van der Waals surface area contributed by atoms with E-state index in [1.807, 2.05) is 0 Å². The van der Waals surface area contributed by atoms with Crippen LogP contribution in [-0.2, 0) is 11.3 Å². The third kappa shape index (κ3) is 4.00. The van der Waals surface area contributed by atoms with Crippen molar-refractivity contribution < 1.29 is 9.26 Å². The van der Waals surface area contributed by atoms with Crippen LogP contribution < -0.4 is 5.32 Å². The number of hydrogen-bond acceptors (Lipinski definition) is 5. The monoisotopic (exact) mass is 185 g/mol. The second-order valence-corrected chi connectivity index (χ2v) is 2.64. The number of nitrogens with zero attached hydrogens (tertiary/aromatic N) is 2. The summed E-state index contributed by atoms with van der Waals surface area (Å²) in [4.78, 5) is 4.01. The topological polar surface area (TPSA) is 60.2 Å². The lowest BCUT2D eigenvalue weighted by Crippen LogP contribution is -2.18. The molecule has 74 valence electrons. The van der Waals surface area contributed by atoms with E-state index in [0.717, 1.165) is 13.1 Å². The first-order valence-corrected chi connectivity index (χ1v) is 4.40. The Morgan fingerprint density at radius 3 is 3.00 bits per heavy atom. The molecule has 5 nitrogen and oxygen atoms in total. The van der Waals surface area contributed by atoms with Crippen LogP contribution in [0.5, 0.6) is 0 Å². The number of ether oxygens (including phenoxy) is 1. The van der Waals surface area contributed by atoms with Crippen molar-refractivity contribution in [1.82, 2.24) is 15.5 Å². The number of rotatable bonds is 6. The van der Waals surface area contributed by atoms with E-state index in [-0.39, 0.29) is 0 Å². The summed E-state index contributed by atoms with van der Waals surface area (Å²) in [6.07, 6.45) is 0. The van der Waals surface area contributed by atoms with Crippen molar-refractivity contribution in [1.29, 1.82) is 0 Å². The molecule has 1 aromatic rings. The fourth-order valence-electron chi connectivity index (χ4n) is 0.885. The molecule has 13 heavy (non-hydrogen) atoms. The number of aromatic nitrogens is 2. The fourth-order valence-corrected chi connectivity index (χ4v) is 0.885. The Bertz CT molecular complexity index is 237. The lowest BCUT2D eigenvalue weighted by Gasteiger charge is -2.00. The second-order valence-electron chi connectivity index (χ2n) is 2.64. The van der Waals surface area contributed by atoms with Crippen molar-refractivity contribution in [3.8, 4) is 0 Å². The summed E-state index contributed by atoms with van der Waals surface area (Å²) < 4.78 is 10.1. The zero-order valence-corrected chi connectivity index (χ0v) is 8.04. The molecule has 0 aromatic carbocycles. The first-order valence-electron chi connectivity index (χ1n) is 4.40. The van der Waals surface area contributed by atoms with Gasteiger partial charge in [-0.05, 0) is 6.54 Å². The summed E-state index contributed by atoms with van der Waals surface area (Å²) in [5.41, 5.74) is 0. The van der Waals surface area contributed by atoms with Crippen molar-refractivity contribution in [3.63, 3.8) is 0 Å². The fraction of sp³-hybridized carbons (Fsp3) is 0.750. The summed E-state index contributed by atoms with van der Waals surface area (Å²) in [7, 11) is 0. The average Bonchev–Trinajstić information content (AvgIpc) is 2.51. The summed E-state index contributed by atoms with van der Waals surface area (Å²) in [5, 5.41) is 6.85. The first kappa shape index (κ1) is 10.1. The molecule has 1 heterocycles. The van der Waals surface area contributed by atoms with Gasteiger partial charge in [0.15, 0.2) is 5.82 Å². The van der Waals surface area contributed by atoms with E-state index in [1.165, 1.54) is 0 Å². The van der Waals surface area contributed by atoms with Crippen molar-refractivity contribution in [2.24, 2.45) is 0 Å². The predicted molar refractivity (Wildman–Crippen MR) is 47.2 cm³/mol. The van der Waals surface area contributed by atoms with Gasteiger partial charge in [-0.1, -0.05) is 12.1 Å². The van der Waals surface area contributed by atoms with E-state index in [2.05, 4.69) is 22.4 Å². The van der Waals surface area contributed by atoms with E-state index < -0.39 is 0 Å². The van der Waals surface area contributed by atoms with Crippen molar-refractivity contribution in [3.05, 3.63) is 11.7 Å². The van der Waals surface area contributed by atoms with Crippen LogP contribution in [0, 0.1) is 6.92 Å². The highest BCUT2D eigenvalue weighted by Gasteiger charge is 2.00. The van der Waals surface area contributed by atoms with E-state index in [4.69, 9.17) is 9.26 Å². The van der Waals surface area contributed by atoms with Gasteiger partial charge in [0.05, 0.1) is 6.61 Å². The molecule has 1 aromatic heterocycles. The Kier molecular flexibility index (Phi) is 4.42. The highest BCUT2D eigenvalue weighted by atomic mass is 16.5. The van der Waals surface area contributed by atoms with Gasteiger partial charge in [-0.25, -0.2) is 0 Å². The third-order valence-corrected chi connectivity index (χ3v) is 1.47. The smallest absolute Gasteiger partial charge is 0.223 e. The molecular formula is C8H15N3O2. The van der Waals surface area contributed by atoms with Crippen LogP contribution in [0.3, 0.4) is 0 Å². The Labute approximate surface area is 77.5 Å². The molecule has 0 saturated carbocycles. The van der Waals surface area contributed by atoms with Crippen molar-refractivity contribution in [2.75, 3.05) is 19.7 Å². The zero-order chi connectivity index (χ0) is 9.52. The van der Waals surface area contributed by atoms with Gasteiger partial charge in [-0.3, -0.25) is 0 Å². The maximum absolute atomic E-state index is 5.29. The molecule has 0 unspecified atom stereocenters. The van der Waals surface area contributed by atoms with E-state index in [0.29, 0.717) is 24.9 Å².